The Morgan fingerprint density at radius 1 is 0.512 bits per heavy atom. The summed E-state index contributed by atoms with van der Waals surface area (Å²) in [5.74, 6) is 0. The standard InChI is InChI=1S/2C16H20O3S.Ca/c2*1-3-5-12-7-8-14-11-15(20(17,18)19)10-13(6-4-2)16(14)9-12;/h2*7-11H,3-6H2,1-2H3,(H,17,18,19);/q;;+2/p-2. The van der Waals surface area contributed by atoms with Crippen molar-refractivity contribution in [3.8, 4) is 0 Å². The summed E-state index contributed by atoms with van der Waals surface area (Å²) in [4.78, 5) is -0.256. The van der Waals surface area contributed by atoms with Crippen LogP contribution in [0.2, 0.25) is 0 Å². The van der Waals surface area contributed by atoms with Gasteiger partial charge in [0.15, 0.2) is 0 Å². The number of hydrogen-bond donors (Lipinski definition) is 0. The maximum absolute atomic E-state index is 11.2. The van der Waals surface area contributed by atoms with Crippen LogP contribution in [0.15, 0.2) is 70.5 Å². The number of fused-ring (bicyclic) bond motifs is 2. The van der Waals surface area contributed by atoms with Crippen molar-refractivity contribution in [2.45, 2.75) is 88.9 Å². The third-order valence-electron chi connectivity index (χ3n) is 6.85. The van der Waals surface area contributed by atoms with Crippen molar-refractivity contribution >= 4 is 79.5 Å². The van der Waals surface area contributed by atoms with E-state index >= 15 is 0 Å². The van der Waals surface area contributed by atoms with E-state index < -0.39 is 20.2 Å². The van der Waals surface area contributed by atoms with Crippen LogP contribution in [-0.2, 0) is 45.9 Å². The molecule has 0 aliphatic heterocycles. The first-order valence-corrected chi connectivity index (χ1v) is 16.8. The molecular formula is C32H38CaO6S2. The molecule has 6 nitrogen and oxygen atoms in total. The number of aryl methyl sites for hydroxylation is 4. The summed E-state index contributed by atoms with van der Waals surface area (Å²) < 4.78 is 67.5. The molecule has 0 spiro atoms. The van der Waals surface area contributed by atoms with Gasteiger partial charge < -0.3 is 9.11 Å². The zero-order valence-corrected chi connectivity index (χ0v) is 28.2. The van der Waals surface area contributed by atoms with E-state index in [1.807, 2.05) is 38.1 Å². The average Bonchev–Trinajstić information content (AvgIpc) is 2.89. The normalized spacial score (nSPS) is 11.7. The van der Waals surface area contributed by atoms with Gasteiger partial charge in [-0.3, -0.25) is 0 Å². The molecule has 4 rings (SSSR count). The molecule has 216 valence electrons. The first kappa shape index (κ1) is 35.7. The molecule has 0 aromatic heterocycles. The fourth-order valence-corrected chi connectivity index (χ4v) is 6.15. The van der Waals surface area contributed by atoms with Crippen molar-refractivity contribution in [1.82, 2.24) is 0 Å². The minimum atomic E-state index is -4.41. The summed E-state index contributed by atoms with van der Waals surface area (Å²) >= 11 is 0. The van der Waals surface area contributed by atoms with Crippen molar-refractivity contribution < 1.29 is 25.9 Å². The van der Waals surface area contributed by atoms with Gasteiger partial charge >= 0.3 is 37.7 Å². The SMILES string of the molecule is CCCc1ccc2cc(S(=O)(=O)[O-])cc(CCC)c2c1.CCCc1ccc2cc(S(=O)(=O)[O-])cc(CCC)c2c1.[Ca+2]. The van der Waals surface area contributed by atoms with Gasteiger partial charge in [0.2, 0.25) is 0 Å². The molecule has 0 saturated carbocycles. The van der Waals surface area contributed by atoms with Crippen LogP contribution in [0.1, 0.15) is 75.6 Å². The van der Waals surface area contributed by atoms with Gasteiger partial charge in [0, 0.05) is 0 Å². The van der Waals surface area contributed by atoms with Crippen LogP contribution in [0.4, 0.5) is 0 Å². The topological polar surface area (TPSA) is 114 Å². The van der Waals surface area contributed by atoms with Gasteiger partial charge in [-0.25, -0.2) is 16.8 Å². The molecule has 0 bridgehead atoms. The van der Waals surface area contributed by atoms with Crippen molar-refractivity contribution in [2.75, 3.05) is 0 Å². The van der Waals surface area contributed by atoms with Crippen LogP contribution in [0.5, 0.6) is 0 Å². The Kier molecular flexibility index (Phi) is 13.8. The quantitative estimate of drug-likeness (QED) is 0.140. The van der Waals surface area contributed by atoms with Crippen molar-refractivity contribution in [1.29, 1.82) is 0 Å². The van der Waals surface area contributed by atoms with Gasteiger partial charge in [-0.05, 0) is 93.7 Å². The molecule has 0 aliphatic rings. The van der Waals surface area contributed by atoms with Crippen LogP contribution in [0.3, 0.4) is 0 Å². The van der Waals surface area contributed by atoms with Gasteiger partial charge in [-0.2, -0.15) is 0 Å². The number of rotatable bonds is 10. The summed E-state index contributed by atoms with van der Waals surface area (Å²) in [5.41, 5.74) is 4.37. The number of benzene rings is 4. The van der Waals surface area contributed by atoms with E-state index in [9.17, 15) is 25.9 Å². The van der Waals surface area contributed by atoms with E-state index in [0.29, 0.717) is 0 Å². The molecule has 41 heavy (non-hydrogen) atoms. The molecule has 4 aromatic rings. The predicted molar refractivity (Wildman–Crippen MR) is 166 cm³/mol. The van der Waals surface area contributed by atoms with Crippen molar-refractivity contribution in [3.63, 3.8) is 0 Å². The molecule has 0 atom stereocenters. The van der Waals surface area contributed by atoms with Crippen LogP contribution < -0.4 is 0 Å². The second-order valence-corrected chi connectivity index (χ2v) is 12.9. The van der Waals surface area contributed by atoms with Gasteiger partial charge in [-0.1, -0.05) is 89.8 Å². The Morgan fingerprint density at radius 2 is 0.854 bits per heavy atom. The Hall–Kier alpha value is -1.52. The first-order chi connectivity index (χ1) is 18.9. The molecule has 0 amide bonds. The molecule has 0 aliphatic carbocycles. The Bertz CT molecular complexity index is 1570. The minimum Gasteiger partial charge on any atom is -0.744 e. The second kappa shape index (κ2) is 15.8. The third kappa shape index (κ3) is 9.75. The van der Waals surface area contributed by atoms with E-state index in [4.69, 9.17) is 0 Å². The molecule has 0 saturated heterocycles. The van der Waals surface area contributed by atoms with Crippen LogP contribution >= 0.6 is 0 Å². The fourth-order valence-electron chi connectivity index (χ4n) is 5.03. The Balaban J connectivity index is 0.000000280. The zero-order valence-electron chi connectivity index (χ0n) is 24.4. The molecule has 0 radical (unpaired) electrons. The monoisotopic (exact) mass is 622 g/mol. The van der Waals surface area contributed by atoms with Gasteiger partial charge in [0.25, 0.3) is 0 Å². The Labute approximate surface area is 275 Å². The third-order valence-corrected chi connectivity index (χ3v) is 8.48. The first-order valence-electron chi connectivity index (χ1n) is 13.9. The van der Waals surface area contributed by atoms with E-state index in [-0.39, 0.29) is 47.5 Å². The van der Waals surface area contributed by atoms with E-state index in [1.165, 1.54) is 35.4 Å². The maximum Gasteiger partial charge on any atom is 2.00 e. The van der Waals surface area contributed by atoms with Gasteiger partial charge in [0.05, 0.1) is 9.79 Å². The van der Waals surface area contributed by atoms with Gasteiger partial charge in [0.1, 0.15) is 20.2 Å². The van der Waals surface area contributed by atoms with E-state index in [0.717, 1.165) is 84.0 Å². The van der Waals surface area contributed by atoms with Gasteiger partial charge in [-0.15, -0.1) is 0 Å². The Morgan fingerprint density at radius 3 is 1.15 bits per heavy atom. The minimum absolute atomic E-state index is 0. The molecule has 0 unspecified atom stereocenters. The number of hydrogen-bond acceptors (Lipinski definition) is 6. The summed E-state index contributed by atoms with van der Waals surface area (Å²) in [6.45, 7) is 8.34. The molecule has 0 fully saturated rings. The summed E-state index contributed by atoms with van der Waals surface area (Å²) in [7, 11) is -8.81. The van der Waals surface area contributed by atoms with E-state index in [2.05, 4.69) is 26.0 Å². The molecule has 0 N–H and O–H groups in total. The summed E-state index contributed by atoms with van der Waals surface area (Å²) in [5, 5.41) is 3.77. The zero-order chi connectivity index (χ0) is 29.5. The van der Waals surface area contributed by atoms with Crippen LogP contribution in [0.25, 0.3) is 21.5 Å². The molecular weight excluding hydrogens is 585 g/mol. The summed E-state index contributed by atoms with van der Waals surface area (Å²) in [6.07, 6.45) is 7.52. The largest absolute Gasteiger partial charge is 2.00 e. The van der Waals surface area contributed by atoms with Crippen molar-refractivity contribution in [2.24, 2.45) is 0 Å². The molecule has 9 heteroatoms. The predicted octanol–water partition coefficient (Wildman–Crippen LogP) is 6.92. The smallest absolute Gasteiger partial charge is 0.744 e. The van der Waals surface area contributed by atoms with Crippen molar-refractivity contribution in [3.05, 3.63) is 82.9 Å². The average molecular weight is 623 g/mol. The van der Waals surface area contributed by atoms with E-state index in [1.54, 1.807) is 0 Å². The molecule has 0 heterocycles. The summed E-state index contributed by atoms with van der Waals surface area (Å²) in [6, 6.07) is 18.1. The fraction of sp³-hybridized carbons (Fsp3) is 0.375. The van der Waals surface area contributed by atoms with Crippen LogP contribution in [0, 0.1) is 0 Å². The molecule has 4 aromatic carbocycles. The maximum atomic E-state index is 11.2. The van der Waals surface area contributed by atoms with Crippen LogP contribution in [-0.4, -0.2) is 63.7 Å². The second-order valence-electron chi connectivity index (χ2n) is 10.2.